The highest BCUT2D eigenvalue weighted by Crippen LogP contribution is 2.35. The van der Waals surface area contributed by atoms with Crippen LogP contribution in [0.5, 0.6) is 5.75 Å². The molecule has 1 N–H and O–H groups in total. The van der Waals surface area contributed by atoms with E-state index in [2.05, 4.69) is 37.2 Å². The third kappa shape index (κ3) is 3.37. The maximum Gasteiger partial charge on any atom is 0.120 e. The van der Waals surface area contributed by atoms with Gasteiger partial charge in [0.25, 0.3) is 0 Å². The van der Waals surface area contributed by atoms with Crippen LogP contribution in [0.25, 0.3) is 0 Å². The fraction of sp³-hybridized carbons (Fsp3) is 0.200. The van der Waals surface area contributed by atoms with Crippen LogP contribution in [0.3, 0.4) is 0 Å². The molecule has 0 fully saturated rings. The van der Waals surface area contributed by atoms with Crippen LogP contribution in [0, 0.1) is 0 Å². The van der Waals surface area contributed by atoms with Crippen LogP contribution >= 0.6 is 43.5 Å². The number of hydrogen-bond donors (Lipinski definition) is 1. The molecule has 1 unspecified atom stereocenters. The number of rotatable bonds is 4. The molecule has 0 spiro atoms. The molecule has 0 aliphatic carbocycles. The molecule has 5 heteroatoms. The molecule has 0 aliphatic heterocycles. The lowest BCUT2D eigenvalue weighted by molar-refractivity contribution is 0.414. The van der Waals surface area contributed by atoms with Gasteiger partial charge in [0.05, 0.1) is 13.2 Å². The molecule has 0 aliphatic rings. The molecule has 2 rings (SSSR count). The molecule has 0 heterocycles. The number of nitrogens with one attached hydrogen (secondary N) is 1. The van der Waals surface area contributed by atoms with Crippen molar-refractivity contribution in [3.05, 3.63) is 61.5 Å². The van der Waals surface area contributed by atoms with Crippen molar-refractivity contribution < 1.29 is 4.74 Å². The summed E-state index contributed by atoms with van der Waals surface area (Å²) in [7, 11) is 3.57. The second kappa shape index (κ2) is 6.94. The molecule has 0 amide bonds. The Morgan fingerprint density at radius 2 is 1.80 bits per heavy atom. The molecule has 2 aromatic rings. The summed E-state index contributed by atoms with van der Waals surface area (Å²) in [6.45, 7) is 0. The molecule has 0 saturated heterocycles. The quantitative estimate of drug-likeness (QED) is 0.737. The zero-order valence-electron chi connectivity index (χ0n) is 11.1. The van der Waals surface area contributed by atoms with Crippen molar-refractivity contribution in [3.8, 4) is 5.75 Å². The van der Waals surface area contributed by atoms with E-state index < -0.39 is 0 Å². The van der Waals surface area contributed by atoms with Gasteiger partial charge in [0, 0.05) is 14.0 Å². The van der Waals surface area contributed by atoms with Gasteiger partial charge in [0.15, 0.2) is 0 Å². The highest BCUT2D eigenvalue weighted by Gasteiger charge is 2.18. The first-order chi connectivity index (χ1) is 9.56. The van der Waals surface area contributed by atoms with Gasteiger partial charge >= 0.3 is 0 Å². The van der Waals surface area contributed by atoms with Crippen LogP contribution in [0.15, 0.2) is 45.3 Å². The molecule has 106 valence electrons. The Kier molecular flexibility index (Phi) is 5.49. The Labute approximate surface area is 140 Å². The van der Waals surface area contributed by atoms with Gasteiger partial charge in [0.2, 0.25) is 0 Å². The summed E-state index contributed by atoms with van der Waals surface area (Å²) in [5, 5.41) is 4.03. The lowest BCUT2D eigenvalue weighted by atomic mass is 9.98. The molecular formula is C15H14Br2ClNO. The van der Waals surface area contributed by atoms with Gasteiger partial charge in [-0.05, 0) is 42.4 Å². The smallest absolute Gasteiger partial charge is 0.120 e. The zero-order valence-corrected chi connectivity index (χ0v) is 15.0. The maximum atomic E-state index is 6.35. The van der Waals surface area contributed by atoms with Crippen LogP contribution in [0.1, 0.15) is 17.2 Å². The van der Waals surface area contributed by atoms with E-state index in [0.29, 0.717) is 0 Å². The maximum absolute atomic E-state index is 6.35. The first-order valence-electron chi connectivity index (χ1n) is 6.02. The largest absolute Gasteiger partial charge is 0.497 e. The van der Waals surface area contributed by atoms with Crippen molar-refractivity contribution >= 4 is 43.5 Å². The van der Waals surface area contributed by atoms with Crippen LogP contribution in [-0.4, -0.2) is 14.2 Å². The van der Waals surface area contributed by atoms with Crippen molar-refractivity contribution in [1.82, 2.24) is 5.32 Å². The second-order valence-electron chi connectivity index (χ2n) is 4.27. The van der Waals surface area contributed by atoms with E-state index in [1.165, 1.54) is 0 Å². The second-order valence-corrected chi connectivity index (χ2v) is 6.45. The Morgan fingerprint density at radius 1 is 1.10 bits per heavy atom. The fourth-order valence-corrected chi connectivity index (χ4v) is 3.45. The topological polar surface area (TPSA) is 21.3 Å². The van der Waals surface area contributed by atoms with Gasteiger partial charge in [-0.25, -0.2) is 0 Å². The van der Waals surface area contributed by atoms with E-state index >= 15 is 0 Å². The highest BCUT2D eigenvalue weighted by atomic mass is 79.9. The summed E-state index contributed by atoms with van der Waals surface area (Å²) in [6, 6.07) is 11.8. The normalized spacial score (nSPS) is 12.2. The van der Waals surface area contributed by atoms with Crippen LogP contribution in [-0.2, 0) is 0 Å². The minimum Gasteiger partial charge on any atom is -0.497 e. The molecule has 0 radical (unpaired) electrons. The molecule has 0 bridgehead atoms. The van der Waals surface area contributed by atoms with Gasteiger partial charge < -0.3 is 10.1 Å². The third-order valence-corrected chi connectivity index (χ3v) is 4.59. The average molecular weight is 420 g/mol. The molecule has 2 nitrogen and oxygen atoms in total. The SMILES string of the molecule is CNC(c1ccc(Br)cc1Cl)c1ccc(OC)cc1Br. The van der Waals surface area contributed by atoms with Gasteiger partial charge in [0.1, 0.15) is 5.75 Å². The number of benzene rings is 2. The van der Waals surface area contributed by atoms with Crippen molar-refractivity contribution in [1.29, 1.82) is 0 Å². The van der Waals surface area contributed by atoms with Gasteiger partial charge in [-0.1, -0.05) is 55.6 Å². The number of hydrogen-bond acceptors (Lipinski definition) is 2. The molecule has 0 aromatic heterocycles. The van der Waals surface area contributed by atoms with E-state index in [4.69, 9.17) is 16.3 Å². The van der Waals surface area contributed by atoms with E-state index in [9.17, 15) is 0 Å². The van der Waals surface area contributed by atoms with Gasteiger partial charge in [-0.15, -0.1) is 0 Å². The summed E-state index contributed by atoms with van der Waals surface area (Å²) in [5.41, 5.74) is 2.14. The first-order valence-corrected chi connectivity index (χ1v) is 7.99. The Hall–Kier alpha value is -0.550. The van der Waals surface area contributed by atoms with Crippen LogP contribution < -0.4 is 10.1 Å². The number of ether oxygens (including phenoxy) is 1. The van der Waals surface area contributed by atoms with E-state index in [1.807, 2.05) is 43.4 Å². The van der Waals surface area contributed by atoms with E-state index in [-0.39, 0.29) is 6.04 Å². The Bertz CT molecular complexity index is 619. The molecule has 1 atom stereocenters. The monoisotopic (exact) mass is 417 g/mol. The Morgan fingerprint density at radius 3 is 2.35 bits per heavy atom. The van der Waals surface area contributed by atoms with Crippen molar-refractivity contribution in [2.75, 3.05) is 14.2 Å². The Balaban J connectivity index is 2.47. The first kappa shape index (κ1) is 15.8. The lowest BCUT2D eigenvalue weighted by Crippen LogP contribution is -2.18. The fourth-order valence-electron chi connectivity index (χ4n) is 2.08. The summed E-state index contributed by atoms with van der Waals surface area (Å²) >= 11 is 13.4. The summed E-state index contributed by atoms with van der Waals surface area (Å²) in [6.07, 6.45) is 0. The van der Waals surface area contributed by atoms with Crippen molar-refractivity contribution in [2.45, 2.75) is 6.04 Å². The summed E-state index contributed by atoms with van der Waals surface area (Å²) < 4.78 is 7.18. The molecule has 0 saturated carbocycles. The third-order valence-electron chi connectivity index (χ3n) is 3.08. The van der Waals surface area contributed by atoms with E-state index in [1.54, 1.807) is 7.11 Å². The minimum atomic E-state index is 0.0101. The zero-order chi connectivity index (χ0) is 14.7. The standard InChI is InChI=1S/C15H14Br2ClNO/c1-19-15(12-5-3-9(16)7-14(12)18)11-6-4-10(20-2)8-13(11)17/h3-8,15,19H,1-2H3. The highest BCUT2D eigenvalue weighted by molar-refractivity contribution is 9.10. The predicted octanol–water partition coefficient (Wildman–Crippen LogP) is 5.18. The molecule has 20 heavy (non-hydrogen) atoms. The van der Waals surface area contributed by atoms with Gasteiger partial charge in [-0.2, -0.15) is 0 Å². The van der Waals surface area contributed by atoms with Crippen LogP contribution in [0.2, 0.25) is 5.02 Å². The van der Waals surface area contributed by atoms with Crippen molar-refractivity contribution in [3.63, 3.8) is 0 Å². The average Bonchev–Trinajstić information content (AvgIpc) is 2.43. The minimum absolute atomic E-state index is 0.0101. The molecule has 2 aromatic carbocycles. The van der Waals surface area contributed by atoms with Crippen molar-refractivity contribution in [2.24, 2.45) is 0 Å². The number of methoxy groups -OCH3 is 1. The van der Waals surface area contributed by atoms with E-state index in [0.717, 1.165) is 30.8 Å². The lowest BCUT2D eigenvalue weighted by Gasteiger charge is -2.20. The summed E-state index contributed by atoms with van der Waals surface area (Å²) in [5.74, 6) is 0.817. The predicted molar refractivity (Wildman–Crippen MR) is 90.7 cm³/mol. The summed E-state index contributed by atoms with van der Waals surface area (Å²) in [4.78, 5) is 0. The van der Waals surface area contributed by atoms with Crippen LogP contribution in [0.4, 0.5) is 0 Å². The van der Waals surface area contributed by atoms with Gasteiger partial charge in [-0.3, -0.25) is 0 Å². The number of halogens is 3. The molecular weight excluding hydrogens is 405 g/mol.